The number of sulfone groups is 1. The van der Waals surface area contributed by atoms with E-state index in [0.29, 0.717) is 11.5 Å². The molecule has 1 heterocycles. The monoisotopic (exact) mass is 393 g/mol. The van der Waals surface area contributed by atoms with Crippen LogP contribution in [0, 0.1) is 12.8 Å². The smallest absolute Gasteiger partial charge is 0.338 e. The largest absolute Gasteiger partial charge is 0.452 e. The molecule has 0 aromatic heterocycles. The van der Waals surface area contributed by atoms with Gasteiger partial charge in [-0.3, -0.25) is 4.79 Å². The molecule has 0 radical (unpaired) electrons. The van der Waals surface area contributed by atoms with Crippen LogP contribution in [0.25, 0.3) is 0 Å². The van der Waals surface area contributed by atoms with Crippen molar-refractivity contribution in [3.8, 4) is 0 Å². The van der Waals surface area contributed by atoms with Crippen LogP contribution in [0.4, 0.5) is 0 Å². The van der Waals surface area contributed by atoms with Gasteiger partial charge in [0.25, 0.3) is 5.91 Å². The minimum atomic E-state index is -3.42. The number of likely N-dealkylation sites (tertiary alicyclic amines) is 1. The Hall–Kier alpha value is -1.89. The number of fused-ring (bicyclic) bond motifs is 1. The van der Waals surface area contributed by atoms with Crippen LogP contribution in [0.3, 0.4) is 0 Å². The molecule has 7 heteroatoms. The highest BCUT2D eigenvalue weighted by Crippen LogP contribution is 2.35. The van der Waals surface area contributed by atoms with Crippen LogP contribution in [0.1, 0.15) is 54.4 Å². The molecule has 6 nitrogen and oxygen atoms in total. The van der Waals surface area contributed by atoms with Crippen molar-refractivity contribution in [2.75, 3.05) is 19.4 Å². The molecular formula is C20H27NO5S. The molecule has 0 unspecified atom stereocenters. The van der Waals surface area contributed by atoms with Gasteiger partial charge >= 0.3 is 5.97 Å². The number of nitrogens with zero attached hydrogens (tertiary/aromatic N) is 1. The Balaban J connectivity index is 1.66. The lowest BCUT2D eigenvalue weighted by Crippen LogP contribution is -2.50. The van der Waals surface area contributed by atoms with Crippen LogP contribution >= 0.6 is 0 Å². The topological polar surface area (TPSA) is 80.7 Å². The molecule has 0 N–H and O–H groups in total. The zero-order valence-electron chi connectivity index (χ0n) is 15.9. The average molecular weight is 394 g/mol. The lowest BCUT2D eigenvalue weighted by atomic mass is 9.78. The summed E-state index contributed by atoms with van der Waals surface area (Å²) in [5.41, 5.74) is 0.796. The van der Waals surface area contributed by atoms with Crippen LogP contribution < -0.4 is 0 Å². The Labute approximate surface area is 160 Å². The van der Waals surface area contributed by atoms with E-state index in [9.17, 15) is 18.0 Å². The Morgan fingerprint density at radius 3 is 2.59 bits per heavy atom. The van der Waals surface area contributed by atoms with Gasteiger partial charge in [-0.2, -0.15) is 0 Å². The van der Waals surface area contributed by atoms with Crippen molar-refractivity contribution in [3.05, 3.63) is 29.3 Å². The number of piperidine rings is 1. The van der Waals surface area contributed by atoms with Crippen molar-refractivity contribution in [2.24, 2.45) is 5.92 Å². The molecule has 2 fully saturated rings. The average Bonchev–Trinajstić information content (AvgIpc) is 2.64. The van der Waals surface area contributed by atoms with Crippen molar-refractivity contribution in [1.82, 2.24) is 4.90 Å². The predicted molar refractivity (Wildman–Crippen MR) is 101 cm³/mol. The molecule has 1 aliphatic carbocycles. The molecule has 2 atom stereocenters. The van der Waals surface area contributed by atoms with Gasteiger partial charge in [0.05, 0.1) is 10.5 Å². The maximum atomic E-state index is 12.7. The molecule has 1 amide bonds. The number of hydrogen-bond acceptors (Lipinski definition) is 5. The van der Waals surface area contributed by atoms with Crippen LogP contribution in [0.5, 0.6) is 0 Å². The van der Waals surface area contributed by atoms with E-state index >= 15 is 0 Å². The van der Waals surface area contributed by atoms with Crippen molar-refractivity contribution in [1.29, 1.82) is 0 Å². The van der Waals surface area contributed by atoms with Gasteiger partial charge in [-0.25, -0.2) is 13.2 Å². The normalized spacial score (nSPS) is 22.8. The van der Waals surface area contributed by atoms with E-state index in [-0.39, 0.29) is 29.0 Å². The van der Waals surface area contributed by atoms with E-state index in [1.54, 1.807) is 13.0 Å². The summed E-state index contributed by atoms with van der Waals surface area (Å²) in [6.45, 7) is 2.13. The minimum Gasteiger partial charge on any atom is -0.452 e. The third kappa shape index (κ3) is 4.51. The SMILES string of the molecule is Cc1ccc(S(C)(=O)=O)cc1C(=O)OCC(=O)N1CCC[C@@H]2CCCC[C@@H]21. The number of aryl methyl sites for hydroxylation is 1. The second-order valence-electron chi connectivity index (χ2n) is 7.67. The van der Waals surface area contributed by atoms with Crippen LogP contribution in [0.2, 0.25) is 0 Å². The Morgan fingerprint density at radius 1 is 1.15 bits per heavy atom. The van der Waals surface area contributed by atoms with Gasteiger partial charge in [0.2, 0.25) is 0 Å². The van der Waals surface area contributed by atoms with Crippen molar-refractivity contribution in [3.63, 3.8) is 0 Å². The molecule has 148 valence electrons. The maximum Gasteiger partial charge on any atom is 0.338 e. The molecule has 1 aromatic rings. The summed E-state index contributed by atoms with van der Waals surface area (Å²) in [5.74, 6) is -0.249. The minimum absolute atomic E-state index is 0.0625. The summed E-state index contributed by atoms with van der Waals surface area (Å²) < 4.78 is 28.7. The third-order valence-electron chi connectivity index (χ3n) is 5.75. The number of ether oxygens (including phenoxy) is 1. The molecule has 1 aromatic carbocycles. The second kappa shape index (κ2) is 8.00. The Bertz CT molecular complexity index is 831. The van der Waals surface area contributed by atoms with Crippen molar-refractivity contribution in [2.45, 2.75) is 56.4 Å². The van der Waals surface area contributed by atoms with Gasteiger partial charge in [-0.1, -0.05) is 18.9 Å². The number of amides is 1. The summed E-state index contributed by atoms with van der Waals surface area (Å²) in [6, 6.07) is 4.62. The van der Waals surface area contributed by atoms with Gasteiger partial charge < -0.3 is 9.64 Å². The van der Waals surface area contributed by atoms with Gasteiger partial charge in [-0.15, -0.1) is 0 Å². The number of carbonyl (C=O) groups excluding carboxylic acids is 2. The Kier molecular flexibility index (Phi) is 5.89. The zero-order chi connectivity index (χ0) is 19.6. The van der Waals surface area contributed by atoms with Crippen molar-refractivity contribution >= 4 is 21.7 Å². The first-order valence-corrected chi connectivity index (χ1v) is 11.4. The molecule has 27 heavy (non-hydrogen) atoms. The number of carbonyl (C=O) groups is 2. The van der Waals surface area contributed by atoms with E-state index in [1.165, 1.54) is 31.4 Å². The highest BCUT2D eigenvalue weighted by atomic mass is 32.2. The summed E-state index contributed by atoms with van der Waals surface area (Å²) >= 11 is 0. The summed E-state index contributed by atoms with van der Waals surface area (Å²) in [6.07, 6.45) is 7.83. The van der Waals surface area contributed by atoms with Crippen LogP contribution in [-0.4, -0.2) is 50.6 Å². The standard InChI is InChI=1S/C20H27NO5S/c1-14-9-10-16(27(2,24)25)12-17(14)20(23)26-13-19(22)21-11-5-7-15-6-3-4-8-18(15)21/h9-10,12,15,18H,3-8,11,13H2,1-2H3/t15-,18-/m0/s1. The van der Waals surface area contributed by atoms with Gasteiger partial charge in [-0.05, 0) is 56.2 Å². The quantitative estimate of drug-likeness (QED) is 0.735. The second-order valence-corrected chi connectivity index (χ2v) is 9.68. The Morgan fingerprint density at radius 2 is 1.85 bits per heavy atom. The maximum absolute atomic E-state index is 12.7. The van der Waals surface area contributed by atoms with E-state index in [4.69, 9.17) is 4.74 Å². The highest BCUT2D eigenvalue weighted by molar-refractivity contribution is 7.90. The number of hydrogen-bond donors (Lipinski definition) is 0. The fourth-order valence-corrected chi connectivity index (χ4v) is 4.92. The number of esters is 1. The molecular weight excluding hydrogens is 366 g/mol. The lowest BCUT2D eigenvalue weighted by molar-refractivity contribution is -0.140. The van der Waals surface area contributed by atoms with E-state index in [1.807, 2.05) is 4.90 Å². The van der Waals surface area contributed by atoms with Crippen molar-refractivity contribution < 1.29 is 22.7 Å². The first-order valence-electron chi connectivity index (χ1n) is 9.54. The molecule has 3 rings (SSSR count). The van der Waals surface area contributed by atoms with Crippen LogP contribution in [-0.2, 0) is 19.4 Å². The third-order valence-corrected chi connectivity index (χ3v) is 6.86. The molecule has 0 spiro atoms. The molecule has 2 aliphatic rings. The molecule has 0 bridgehead atoms. The first-order chi connectivity index (χ1) is 12.8. The number of rotatable bonds is 4. The number of benzene rings is 1. The zero-order valence-corrected chi connectivity index (χ0v) is 16.8. The molecule has 1 saturated heterocycles. The van der Waals surface area contributed by atoms with Gasteiger partial charge in [0.1, 0.15) is 0 Å². The van der Waals surface area contributed by atoms with E-state index in [0.717, 1.165) is 32.1 Å². The molecule has 1 aliphatic heterocycles. The first kappa shape index (κ1) is 19.9. The van der Waals surface area contributed by atoms with E-state index in [2.05, 4.69) is 0 Å². The summed E-state index contributed by atoms with van der Waals surface area (Å²) in [7, 11) is -3.42. The van der Waals surface area contributed by atoms with Gasteiger partial charge in [0.15, 0.2) is 16.4 Å². The highest BCUT2D eigenvalue weighted by Gasteiger charge is 2.35. The summed E-state index contributed by atoms with van der Waals surface area (Å²) in [5, 5.41) is 0. The fourth-order valence-electron chi connectivity index (χ4n) is 4.27. The lowest BCUT2D eigenvalue weighted by Gasteiger charge is -2.44. The summed E-state index contributed by atoms with van der Waals surface area (Å²) in [4.78, 5) is 27.0. The molecule has 1 saturated carbocycles. The predicted octanol–water partition coefficient (Wildman–Crippen LogP) is 2.74. The van der Waals surface area contributed by atoms with E-state index < -0.39 is 15.8 Å². The van der Waals surface area contributed by atoms with Gasteiger partial charge in [0, 0.05) is 18.8 Å². The fraction of sp³-hybridized carbons (Fsp3) is 0.600. The van der Waals surface area contributed by atoms with Crippen LogP contribution in [0.15, 0.2) is 23.1 Å².